The third-order valence-electron chi connectivity index (χ3n) is 5.75. The molecule has 0 spiro atoms. The molecular weight excluding hydrogens is 366 g/mol. The van der Waals surface area contributed by atoms with Gasteiger partial charge in [0, 0.05) is 43.1 Å². The lowest BCUT2D eigenvalue weighted by atomic mass is 9.94. The summed E-state index contributed by atoms with van der Waals surface area (Å²) < 4.78 is 0. The van der Waals surface area contributed by atoms with Crippen molar-refractivity contribution < 1.29 is 9.59 Å². The van der Waals surface area contributed by atoms with Crippen molar-refractivity contribution in [2.75, 3.05) is 18.4 Å². The molecule has 2 unspecified atom stereocenters. The molecule has 0 aliphatic carbocycles. The second kappa shape index (κ2) is 8.71. The van der Waals surface area contributed by atoms with Crippen LogP contribution in [0.4, 0.5) is 5.69 Å². The number of nitrogens with zero attached hydrogens (tertiary/aromatic N) is 2. The molecule has 4 rings (SSSR count). The Hall–Kier alpha value is -2.77. The molecule has 152 valence electrons. The average molecular weight is 393 g/mol. The highest BCUT2D eigenvalue weighted by Crippen LogP contribution is 2.25. The van der Waals surface area contributed by atoms with Gasteiger partial charge < -0.3 is 10.2 Å². The first-order chi connectivity index (χ1) is 14.1. The lowest BCUT2D eigenvalue weighted by Crippen LogP contribution is -2.49. The quantitative estimate of drug-likeness (QED) is 0.741. The van der Waals surface area contributed by atoms with Crippen LogP contribution in [0.2, 0.25) is 0 Å². The summed E-state index contributed by atoms with van der Waals surface area (Å²) in [4.78, 5) is 31.5. The molecule has 2 aliphatic heterocycles. The highest BCUT2D eigenvalue weighted by Gasteiger charge is 2.35. The number of rotatable bonds is 4. The van der Waals surface area contributed by atoms with Gasteiger partial charge in [0.25, 0.3) is 0 Å². The van der Waals surface area contributed by atoms with Crippen LogP contribution in [0.1, 0.15) is 36.4 Å². The molecule has 3 heterocycles. The molecule has 0 saturated carbocycles. The Kier molecular flexibility index (Phi) is 5.87. The summed E-state index contributed by atoms with van der Waals surface area (Å²) in [6.45, 7) is 3.23. The number of nitrogens with one attached hydrogen (secondary N) is 3. The van der Waals surface area contributed by atoms with E-state index in [0.29, 0.717) is 32.4 Å². The predicted octanol–water partition coefficient (Wildman–Crippen LogP) is 2.17. The van der Waals surface area contributed by atoms with Crippen molar-refractivity contribution in [3.63, 3.8) is 0 Å². The number of likely N-dealkylation sites (tertiary alicyclic amines) is 1. The summed E-state index contributed by atoms with van der Waals surface area (Å²) in [6.07, 6.45) is 5.64. The average Bonchev–Trinajstić information content (AvgIpc) is 3.24. The number of carbonyl (C=O) groups is 2. The van der Waals surface area contributed by atoms with Crippen molar-refractivity contribution >= 4 is 17.5 Å². The second-order valence-corrected chi connectivity index (χ2v) is 7.87. The largest absolute Gasteiger partial charge is 0.341 e. The van der Waals surface area contributed by atoms with E-state index in [9.17, 15) is 9.59 Å². The highest BCUT2D eigenvalue weighted by atomic mass is 16.2. The van der Waals surface area contributed by atoms with Crippen LogP contribution in [-0.4, -0.2) is 40.8 Å². The van der Waals surface area contributed by atoms with Gasteiger partial charge in [-0.05, 0) is 55.5 Å². The number of benzene rings is 1. The smallest absolute Gasteiger partial charge is 0.241 e. The molecule has 2 amide bonds. The molecule has 0 bridgehead atoms. The fourth-order valence-corrected chi connectivity index (χ4v) is 4.07. The zero-order valence-electron chi connectivity index (χ0n) is 16.6. The molecule has 2 fully saturated rings. The van der Waals surface area contributed by atoms with Gasteiger partial charge >= 0.3 is 0 Å². The van der Waals surface area contributed by atoms with Crippen LogP contribution >= 0.6 is 0 Å². The number of pyridine rings is 1. The molecule has 7 heteroatoms. The Labute approximate surface area is 170 Å². The number of hydrazine groups is 1. The Morgan fingerprint density at radius 3 is 2.69 bits per heavy atom. The number of aryl methyl sites for hydroxylation is 1. The van der Waals surface area contributed by atoms with E-state index in [-0.39, 0.29) is 29.8 Å². The van der Waals surface area contributed by atoms with Crippen molar-refractivity contribution in [2.45, 2.75) is 38.3 Å². The number of piperidine rings is 1. The number of anilines is 1. The number of carbonyl (C=O) groups excluding carboxylic acids is 2. The van der Waals surface area contributed by atoms with Crippen molar-refractivity contribution in [1.82, 2.24) is 20.7 Å². The zero-order valence-corrected chi connectivity index (χ0v) is 16.6. The third-order valence-corrected chi connectivity index (χ3v) is 5.75. The van der Waals surface area contributed by atoms with E-state index >= 15 is 0 Å². The Bertz CT molecular complexity index is 865. The monoisotopic (exact) mass is 393 g/mol. The van der Waals surface area contributed by atoms with Crippen molar-refractivity contribution in [3.8, 4) is 0 Å². The molecule has 0 radical (unpaired) electrons. The van der Waals surface area contributed by atoms with Gasteiger partial charge in [-0.25, -0.2) is 10.9 Å². The lowest BCUT2D eigenvalue weighted by Gasteiger charge is -2.32. The van der Waals surface area contributed by atoms with Gasteiger partial charge in [-0.1, -0.05) is 18.2 Å². The van der Waals surface area contributed by atoms with E-state index in [1.165, 1.54) is 0 Å². The molecule has 2 aromatic rings. The van der Waals surface area contributed by atoms with E-state index in [0.717, 1.165) is 16.8 Å². The van der Waals surface area contributed by atoms with Crippen LogP contribution < -0.4 is 16.2 Å². The van der Waals surface area contributed by atoms with E-state index in [1.54, 1.807) is 6.20 Å². The maximum atomic E-state index is 12.9. The molecule has 29 heavy (non-hydrogen) atoms. The van der Waals surface area contributed by atoms with Crippen molar-refractivity contribution in [1.29, 1.82) is 0 Å². The fraction of sp³-hybridized carbons (Fsp3) is 0.409. The topological polar surface area (TPSA) is 86.4 Å². The Morgan fingerprint density at radius 2 is 1.97 bits per heavy atom. The maximum Gasteiger partial charge on any atom is 0.241 e. The van der Waals surface area contributed by atoms with Crippen LogP contribution in [0.15, 0.2) is 48.8 Å². The van der Waals surface area contributed by atoms with E-state index in [2.05, 4.69) is 21.2 Å². The Balaban J connectivity index is 1.27. The standard InChI is InChI=1S/C22H27N5O2/c1-15-4-2-6-18(12-15)24-21(28)16-7-10-27(11-8-16)22(29)20-13-19(25-26-20)17-5-3-9-23-14-17/h2-6,9,12,14,16,19-20,25-26H,7-8,10-11,13H2,1H3,(H,24,28). The van der Waals surface area contributed by atoms with E-state index in [1.807, 2.05) is 54.4 Å². The predicted molar refractivity (Wildman–Crippen MR) is 111 cm³/mol. The van der Waals surface area contributed by atoms with Gasteiger partial charge in [0.2, 0.25) is 11.8 Å². The third kappa shape index (κ3) is 4.63. The summed E-state index contributed by atoms with van der Waals surface area (Å²) in [5.41, 5.74) is 9.34. The van der Waals surface area contributed by atoms with Crippen LogP contribution in [0.25, 0.3) is 0 Å². The Morgan fingerprint density at radius 1 is 1.14 bits per heavy atom. The SMILES string of the molecule is Cc1cccc(NC(=O)C2CCN(C(=O)C3CC(c4cccnc4)NN3)CC2)c1. The normalized spacial score (nSPS) is 22.4. The molecular formula is C22H27N5O2. The van der Waals surface area contributed by atoms with Gasteiger partial charge in [0.15, 0.2) is 0 Å². The van der Waals surface area contributed by atoms with Crippen molar-refractivity contribution in [3.05, 3.63) is 59.9 Å². The number of hydrogen-bond acceptors (Lipinski definition) is 5. The first-order valence-corrected chi connectivity index (χ1v) is 10.2. The molecule has 3 N–H and O–H groups in total. The minimum Gasteiger partial charge on any atom is -0.341 e. The summed E-state index contributed by atoms with van der Waals surface area (Å²) in [6, 6.07) is 11.6. The molecule has 1 aromatic carbocycles. The van der Waals surface area contributed by atoms with Crippen LogP contribution in [0, 0.1) is 12.8 Å². The second-order valence-electron chi connectivity index (χ2n) is 7.87. The van der Waals surface area contributed by atoms with Gasteiger partial charge in [-0.2, -0.15) is 0 Å². The number of hydrogen-bond donors (Lipinski definition) is 3. The van der Waals surface area contributed by atoms with Gasteiger partial charge in [0.05, 0.1) is 0 Å². The summed E-state index contributed by atoms with van der Waals surface area (Å²) in [5.74, 6) is 0.0822. The van der Waals surface area contributed by atoms with Crippen molar-refractivity contribution in [2.24, 2.45) is 5.92 Å². The van der Waals surface area contributed by atoms with Gasteiger partial charge in [0.1, 0.15) is 6.04 Å². The van der Waals surface area contributed by atoms with Crippen LogP contribution in [-0.2, 0) is 9.59 Å². The zero-order chi connectivity index (χ0) is 20.2. The fourth-order valence-electron chi connectivity index (χ4n) is 4.07. The summed E-state index contributed by atoms with van der Waals surface area (Å²) >= 11 is 0. The highest BCUT2D eigenvalue weighted by molar-refractivity contribution is 5.93. The first kappa shape index (κ1) is 19.5. The molecule has 2 atom stereocenters. The van der Waals surface area contributed by atoms with Crippen LogP contribution in [0.5, 0.6) is 0 Å². The summed E-state index contributed by atoms with van der Waals surface area (Å²) in [7, 11) is 0. The lowest BCUT2D eigenvalue weighted by molar-refractivity contribution is -0.136. The number of aromatic nitrogens is 1. The summed E-state index contributed by atoms with van der Waals surface area (Å²) in [5, 5.41) is 3.00. The van der Waals surface area contributed by atoms with E-state index < -0.39 is 0 Å². The minimum atomic E-state index is -0.252. The first-order valence-electron chi connectivity index (χ1n) is 10.2. The molecule has 2 aliphatic rings. The van der Waals surface area contributed by atoms with Gasteiger partial charge in [-0.3, -0.25) is 14.6 Å². The molecule has 1 aromatic heterocycles. The van der Waals surface area contributed by atoms with Crippen LogP contribution in [0.3, 0.4) is 0 Å². The number of amides is 2. The minimum absolute atomic E-state index is 0.0417. The molecule has 7 nitrogen and oxygen atoms in total. The van der Waals surface area contributed by atoms with E-state index in [4.69, 9.17) is 0 Å². The van der Waals surface area contributed by atoms with Gasteiger partial charge in [-0.15, -0.1) is 0 Å². The maximum absolute atomic E-state index is 12.9. The molecule has 2 saturated heterocycles.